The Morgan fingerprint density at radius 3 is 2.55 bits per heavy atom. The van der Waals surface area contributed by atoms with Crippen molar-refractivity contribution >= 4 is 11.9 Å². The number of carbonyl (C=O) groups excluding carboxylic acids is 2. The maximum atomic E-state index is 12.8. The highest BCUT2D eigenvalue weighted by molar-refractivity contribution is 6.08. The van der Waals surface area contributed by atoms with Crippen molar-refractivity contribution in [2.45, 2.75) is 38.3 Å². The second-order valence-electron chi connectivity index (χ2n) is 6.72. The Bertz CT molecular complexity index is 551. The van der Waals surface area contributed by atoms with Crippen LogP contribution < -0.4 is 5.32 Å². The van der Waals surface area contributed by atoms with Crippen LogP contribution in [0, 0.1) is 0 Å². The van der Waals surface area contributed by atoms with Crippen LogP contribution in [0.5, 0.6) is 0 Å². The van der Waals surface area contributed by atoms with Crippen molar-refractivity contribution in [3.05, 3.63) is 35.9 Å². The van der Waals surface area contributed by atoms with Gasteiger partial charge >= 0.3 is 5.97 Å². The summed E-state index contributed by atoms with van der Waals surface area (Å²) in [7, 11) is 1.72. The zero-order chi connectivity index (χ0) is 16.4. The van der Waals surface area contributed by atoms with Crippen LogP contribution >= 0.6 is 0 Å². The van der Waals surface area contributed by atoms with E-state index in [1.807, 2.05) is 30.3 Å². The number of benzene rings is 1. The molecule has 1 heterocycles. The third-order valence-corrected chi connectivity index (χ3v) is 3.65. The summed E-state index contributed by atoms with van der Waals surface area (Å²) in [5, 5.41) is 3.12. The van der Waals surface area contributed by atoms with Gasteiger partial charge < -0.3 is 9.64 Å². The van der Waals surface area contributed by atoms with Crippen molar-refractivity contribution in [3.63, 3.8) is 0 Å². The molecule has 1 aliphatic rings. The van der Waals surface area contributed by atoms with Crippen molar-refractivity contribution < 1.29 is 14.3 Å². The number of esters is 1. The molecule has 2 rings (SSSR count). The predicted molar refractivity (Wildman–Crippen MR) is 84.4 cm³/mol. The van der Waals surface area contributed by atoms with Crippen LogP contribution in [0.1, 0.15) is 26.3 Å². The standard InChI is InChI=1S/C17H24N2O3/c1-16(2,3)22-15(21)17(12-13-8-6-5-7-9-13)14(20)19(4)11-10-18-17/h5-9,18H,10-12H2,1-4H3. The first-order valence-corrected chi connectivity index (χ1v) is 7.52. The molecule has 1 aliphatic heterocycles. The molecule has 1 atom stereocenters. The summed E-state index contributed by atoms with van der Waals surface area (Å²) in [6.07, 6.45) is 0.284. The molecule has 0 radical (unpaired) electrons. The fourth-order valence-corrected chi connectivity index (χ4v) is 2.58. The molecule has 1 aromatic rings. The van der Waals surface area contributed by atoms with Crippen LogP contribution in [0.25, 0.3) is 0 Å². The van der Waals surface area contributed by atoms with Gasteiger partial charge in [-0.25, -0.2) is 4.79 Å². The van der Waals surface area contributed by atoms with Crippen LogP contribution in [0.15, 0.2) is 30.3 Å². The van der Waals surface area contributed by atoms with Gasteiger partial charge in [-0.05, 0) is 26.3 Å². The Kier molecular flexibility index (Phi) is 4.56. The highest BCUT2D eigenvalue weighted by atomic mass is 16.6. The summed E-state index contributed by atoms with van der Waals surface area (Å²) < 4.78 is 5.52. The van der Waals surface area contributed by atoms with Crippen LogP contribution in [0.2, 0.25) is 0 Å². The van der Waals surface area contributed by atoms with Gasteiger partial charge in [0.15, 0.2) is 0 Å². The highest BCUT2D eigenvalue weighted by Crippen LogP contribution is 2.23. The average molecular weight is 304 g/mol. The Morgan fingerprint density at radius 2 is 1.95 bits per heavy atom. The van der Waals surface area contributed by atoms with Crippen LogP contribution in [-0.4, -0.2) is 48.1 Å². The van der Waals surface area contributed by atoms with Crippen LogP contribution in [0.3, 0.4) is 0 Å². The van der Waals surface area contributed by atoms with Crippen molar-refractivity contribution in [2.24, 2.45) is 0 Å². The van der Waals surface area contributed by atoms with E-state index >= 15 is 0 Å². The molecular weight excluding hydrogens is 280 g/mol. The molecule has 22 heavy (non-hydrogen) atoms. The van der Waals surface area contributed by atoms with E-state index in [-0.39, 0.29) is 12.3 Å². The van der Waals surface area contributed by atoms with Gasteiger partial charge in [0.05, 0.1) is 0 Å². The molecule has 0 saturated carbocycles. The van der Waals surface area contributed by atoms with E-state index in [4.69, 9.17) is 4.74 Å². The van der Waals surface area contributed by atoms with Gasteiger partial charge in [0.1, 0.15) is 5.60 Å². The second kappa shape index (κ2) is 6.08. The molecule has 0 aromatic heterocycles. The summed E-state index contributed by atoms with van der Waals surface area (Å²) in [6.45, 7) is 6.56. The molecule has 1 fully saturated rings. The number of nitrogens with one attached hydrogen (secondary N) is 1. The maximum Gasteiger partial charge on any atom is 0.337 e. The molecule has 5 heteroatoms. The first kappa shape index (κ1) is 16.5. The smallest absolute Gasteiger partial charge is 0.337 e. The number of likely N-dealkylation sites (N-methyl/N-ethyl adjacent to an activating group) is 1. The van der Waals surface area contributed by atoms with Crippen molar-refractivity contribution in [1.82, 2.24) is 10.2 Å². The average Bonchev–Trinajstić information content (AvgIpc) is 2.43. The summed E-state index contributed by atoms with van der Waals surface area (Å²) in [5.41, 5.74) is -1.06. The predicted octanol–water partition coefficient (Wildman–Crippen LogP) is 1.37. The quantitative estimate of drug-likeness (QED) is 0.677. The lowest BCUT2D eigenvalue weighted by Gasteiger charge is -2.40. The third kappa shape index (κ3) is 3.47. The summed E-state index contributed by atoms with van der Waals surface area (Å²) in [4.78, 5) is 27.1. The number of ether oxygens (including phenoxy) is 1. The maximum absolute atomic E-state index is 12.8. The Morgan fingerprint density at radius 1 is 1.32 bits per heavy atom. The van der Waals surface area contributed by atoms with Crippen molar-refractivity contribution in [3.8, 4) is 0 Å². The minimum Gasteiger partial charge on any atom is -0.458 e. The number of hydrogen-bond acceptors (Lipinski definition) is 4. The molecule has 0 bridgehead atoms. The summed E-state index contributed by atoms with van der Waals surface area (Å²) >= 11 is 0. The molecule has 0 aliphatic carbocycles. The monoisotopic (exact) mass is 304 g/mol. The van der Waals surface area contributed by atoms with Gasteiger partial charge in [-0.3, -0.25) is 10.1 Å². The van der Waals surface area contributed by atoms with Gasteiger partial charge in [-0.1, -0.05) is 30.3 Å². The lowest BCUT2D eigenvalue weighted by Crippen LogP contribution is -2.69. The van der Waals surface area contributed by atoms with Crippen LogP contribution in [0.4, 0.5) is 0 Å². The molecular formula is C17H24N2O3. The summed E-state index contributed by atoms with van der Waals surface area (Å²) in [5.74, 6) is -0.753. The van der Waals surface area contributed by atoms with Gasteiger partial charge in [0.2, 0.25) is 5.54 Å². The zero-order valence-corrected chi connectivity index (χ0v) is 13.7. The first-order valence-electron chi connectivity index (χ1n) is 7.52. The summed E-state index contributed by atoms with van der Waals surface area (Å²) in [6, 6.07) is 9.53. The fraction of sp³-hybridized carbons (Fsp3) is 0.529. The number of carbonyl (C=O) groups is 2. The molecule has 1 aromatic carbocycles. The van der Waals surface area contributed by atoms with Gasteiger partial charge in [-0.15, -0.1) is 0 Å². The number of nitrogens with zero attached hydrogens (tertiary/aromatic N) is 1. The number of amides is 1. The SMILES string of the molecule is CN1CCNC(Cc2ccccc2)(C(=O)OC(C)(C)C)C1=O. The van der Waals surface area contributed by atoms with E-state index in [1.54, 1.807) is 32.7 Å². The normalized spacial score (nSPS) is 22.5. The number of rotatable bonds is 3. The van der Waals surface area contributed by atoms with Gasteiger partial charge in [-0.2, -0.15) is 0 Å². The molecule has 0 spiro atoms. The Labute approximate surface area is 131 Å². The number of hydrogen-bond donors (Lipinski definition) is 1. The van der Waals surface area contributed by atoms with Crippen molar-refractivity contribution in [1.29, 1.82) is 0 Å². The highest BCUT2D eigenvalue weighted by Gasteiger charge is 2.51. The molecule has 120 valence electrons. The largest absolute Gasteiger partial charge is 0.458 e. The number of piperazine rings is 1. The lowest BCUT2D eigenvalue weighted by atomic mass is 9.87. The minimum atomic E-state index is -1.35. The van der Waals surface area contributed by atoms with E-state index in [0.717, 1.165) is 5.56 Å². The first-order chi connectivity index (χ1) is 10.2. The van der Waals surface area contributed by atoms with E-state index < -0.39 is 17.1 Å². The molecule has 5 nitrogen and oxygen atoms in total. The second-order valence-corrected chi connectivity index (χ2v) is 6.72. The zero-order valence-electron chi connectivity index (χ0n) is 13.7. The Balaban J connectivity index is 2.36. The van der Waals surface area contributed by atoms with Crippen LogP contribution in [-0.2, 0) is 20.7 Å². The molecule has 1 saturated heterocycles. The fourth-order valence-electron chi connectivity index (χ4n) is 2.58. The van der Waals surface area contributed by atoms with Gasteiger partial charge in [0.25, 0.3) is 5.91 Å². The lowest BCUT2D eigenvalue weighted by molar-refractivity contribution is -0.170. The van der Waals surface area contributed by atoms with E-state index in [2.05, 4.69) is 5.32 Å². The molecule has 1 N–H and O–H groups in total. The Hall–Kier alpha value is -1.88. The van der Waals surface area contributed by atoms with E-state index in [9.17, 15) is 9.59 Å². The topological polar surface area (TPSA) is 58.6 Å². The minimum absolute atomic E-state index is 0.239. The van der Waals surface area contributed by atoms with E-state index in [1.165, 1.54) is 0 Å². The van der Waals surface area contributed by atoms with Crippen molar-refractivity contribution in [2.75, 3.05) is 20.1 Å². The van der Waals surface area contributed by atoms with E-state index in [0.29, 0.717) is 13.1 Å². The third-order valence-electron chi connectivity index (χ3n) is 3.65. The molecule has 1 unspecified atom stereocenters. The molecule has 1 amide bonds. The van der Waals surface area contributed by atoms with Gasteiger partial charge in [0, 0.05) is 26.6 Å².